The average molecular weight is 261 g/mol. The Hall–Kier alpha value is -0.980. The van der Waals surface area contributed by atoms with Crippen LogP contribution in [0.25, 0.3) is 0 Å². The first-order chi connectivity index (χ1) is 9.25. The summed E-state index contributed by atoms with van der Waals surface area (Å²) in [6.07, 6.45) is 11.1. The molecule has 0 aliphatic heterocycles. The van der Waals surface area contributed by atoms with Gasteiger partial charge in [0.1, 0.15) is 0 Å². The molecule has 1 aromatic carbocycles. The van der Waals surface area contributed by atoms with Crippen LogP contribution >= 0.6 is 0 Å². The molecule has 0 aliphatic carbocycles. The smallest absolute Gasteiger partial charge is 0.0399 e. The van der Waals surface area contributed by atoms with Crippen molar-refractivity contribution in [1.29, 1.82) is 0 Å². The molecule has 1 rings (SSSR count). The molecule has 0 aromatic heterocycles. The summed E-state index contributed by atoms with van der Waals surface area (Å²) in [7, 11) is 0. The molecule has 0 heterocycles. The number of hydrogen-bond donors (Lipinski definition) is 1. The Morgan fingerprint density at radius 2 is 1.32 bits per heavy atom. The molecule has 0 fully saturated rings. The molecule has 0 bridgehead atoms. The third kappa shape index (κ3) is 6.66. The number of anilines is 1. The lowest BCUT2D eigenvalue weighted by molar-refractivity contribution is 0.581. The van der Waals surface area contributed by atoms with Crippen LogP contribution in [0.3, 0.4) is 0 Å². The average Bonchev–Trinajstić information content (AvgIpc) is 2.40. The van der Waals surface area contributed by atoms with E-state index in [1.165, 1.54) is 68.2 Å². The van der Waals surface area contributed by atoms with Gasteiger partial charge in [0, 0.05) is 12.2 Å². The summed E-state index contributed by atoms with van der Waals surface area (Å²) < 4.78 is 0. The Labute approximate surface area is 119 Å². The third-order valence-corrected chi connectivity index (χ3v) is 3.81. The van der Waals surface area contributed by atoms with Crippen LogP contribution in [0.4, 0.5) is 5.69 Å². The zero-order valence-electron chi connectivity index (χ0n) is 13.1. The van der Waals surface area contributed by atoms with E-state index in [2.05, 4.69) is 44.3 Å². The highest BCUT2D eigenvalue weighted by Gasteiger charge is 2.00. The summed E-state index contributed by atoms with van der Waals surface area (Å²) in [5, 5.41) is 3.59. The van der Waals surface area contributed by atoms with E-state index in [4.69, 9.17) is 0 Å². The van der Waals surface area contributed by atoms with Crippen LogP contribution in [-0.4, -0.2) is 6.54 Å². The Kier molecular flexibility index (Phi) is 8.36. The van der Waals surface area contributed by atoms with Crippen LogP contribution in [0.1, 0.15) is 69.4 Å². The lowest BCUT2D eigenvalue weighted by Gasteiger charge is -2.12. The van der Waals surface area contributed by atoms with Gasteiger partial charge in [-0.2, -0.15) is 0 Å². The Balaban J connectivity index is 2.05. The number of hydrogen-bond acceptors (Lipinski definition) is 1. The van der Waals surface area contributed by atoms with E-state index in [1.54, 1.807) is 0 Å². The quantitative estimate of drug-likeness (QED) is 0.520. The molecule has 0 radical (unpaired) electrons. The molecule has 0 saturated carbocycles. The predicted octanol–water partition coefficient (Wildman–Crippen LogP) is 5.86. The normalized spacial score (nSPS) is 10.7. The van der Waals surface area contributed by atoms with Crippen LogP contribution < -0.4 is 5.32 Å². The van der Waals surface area contributed by atoms with Crippen molar-refractivity contribution in [3.63, 3.8) is 0 Å². The summed E-state index contributed by atoms with van der Waals surface area (Å²) in [6, 6.07) is 6.50. The second-order valence-corrected chi connectivity index (χ2v) is 5.67. The number of benzene rings is 1. The maximum absolute atomic E-state index is 3.59. The number of aryl methyl sites for hydroxylation is 2. The minimum atomic E-state index is 1.11. The molecule has 1 aromatic rings. The molecular weight excluding hydrogens is 230 g/mol. The van der Waals surface area contributed by atoms with Gasteiger partial charge >= 0.3 is 0 Å². The molecule has 0 amide bonds. The summed E-state index contributed by atoms with van der Waals surface area (Å²) >= 11 is 0. The minimum absolute atomic E-state index is 1.11. The van der Waals surface area contributed by atoms with Crippen molar-refractivity contribution in [3.8, 4) is 0 Å². The largest absolute Gasteiger partial charge is 0.385 e. The van der Waals surface area contributed by atoms with Gasteiger partial charge in [0.15, 0.2) is 0 Å². The van der Waals surface area contributed by atoms with Gasteiger partial charge in [-0.05, 0) is 31.4 Å². The van der Waals surface area contributed by atoms with Crippen LogP contribution in [0, 0.1) is 13.8 Å². The molecule has 0 aliphatic rings. The third-order valence-electron chi connectivity index (χ3n) is 3.81. The van der Waals surface area contributed by atoms with Crippen molar-refractivity contribution < 1.29 is 0 Å². The Morgan fingerprint density at radius 3 is 1.89 bits per heavy atom. The molecule has 108 valence electrons. The van der Waals surface area contributed by atoms with Gasteiger partial charge in [-0.15, -0.1) is 0 Å². The summed E-state index contributed by atoms with van der Waals surface area (Å²) in [4.78, 5) is 0. The van der Waals surface area contributed by atoms with Gasteiger partial charge < -0.3 is 5.32 Å². The van der Waals surface area contributed by atoms with Gasteiger partial charge in [-0.1, -0.05) is 70.1 Å². The van der Waals surface area contributed by atoms with Crippen molar-refractivity contribution in [2.45, 2.75) is 72.1 Å². The molecule has 19 heavy (non-hydrogen) atoms. The molecular formula is C18H31N. The van der Waals surface area contributed by atoms with E-state index >= 15 is 0 Å². The van der Waals surface area contributed by atoms with E-state index in [9.17, 15) is 0 Å². The lowest BCUT2D eigenvalue weighted by Crippen LogP contribution is -2.04. The number of nitrogens with one attached hydrogen (secondary N) is 1. The molecule has 1 heteroatoms. The van der Waals surface area contributed by atoms with E-state index in [1.807, 2.05) is 0 Å². The first-order valence-electron chi connectivity index (χ1n) is 8.05. The van der Waals surface area contributed by atoms with Gasteiger partial charge in [0.25, 0.3) is 0 Å². The summed E-state index contributed by atoms with van der Waals surface area (Å²) in [6.45, 7) is 7.76. The molecule has 0 unspecified atom stereocenters. The standard InChI is InChI=1S/C18H31N/c1-4-5-6-7-8-9-10-11-15-19-18-16(2)13-12-14-17(18)3/h12-14,19H,4-11,15H2,1-3H3. The number of rotatable bonds is 10. The fourth-order valence-electron chi connectivity index (χ4n) is 2.57. The van der Waals surface area contributed by atoms with E-state index in [0.29, 0.717) is 0 Å². The van der Waals surface area contributed by atoms with E-state index in [-0.39, 0.29) is 0 Å². The highest BCUT2D eigenvalue weighted by atomic mass is 14.9. The predicted molar refractivity (Wildman–Crippen MR) is 87.0 cm³/mol. The minimum Gasteiger partial charge on any atom is -0.385 e. The Bertz CT molecular complexity index is 323. The van der Waals surface area contributed by atoms with Gasteiger partial charge in [-0.3, -0.25) is 0 Å². The summed E-state index contributed by atoms with van der Waals surface area (Å²) in [5.74, 6) is 0. The van der Waals surface area contributed by atoms with E-state index in [0.717, 1.165) is 6.54 Å². The van der Waals surface area contributed by atoms with E-state index < -0.39 is 0 Å². The van der Waals surface area contributed by atoms with Gasteiger partial charge in [0.05, 0.1) is 0 Å². The van der Waals surface area contributed by atoms with Crippen molar-refractivity contribution in [2.75, 3.05) is 11.9 Å². The maximum atomic E-state index is 3.59. The summed E-state index contributed by atoms with van der Waals surface area (Å²) in [5.41, 5.74) is 4.06. The zero-order valence-corrected chi connectivity index (χ0v) is 13.1. The second kappa shape index (κ2) is 9.89. The van der Waals surface area contributed by atoms with Crippen LogP contribution in [0.15, 0.2) is 18.2 Å². The maximum Gasteiger partial charge on any atom is 0.0399 e. The number of para-hydroxylation sites is 1. The Morgan fingerprint density at radius 1 is 0.789 bits per heavy atom. The molecule has 0 spiro atoms. The zero-order chi connectivity index (χ0) is 13.9. The molecule has 0 saturated heterocycles. The van der Waals surface area contributed by atoms with Crippen molar-refractivity contribution in [2.24, 2.45) is 0 Å². The van der Waals surface area contributed by atoms with Crippen LogP contribution in [0.5, 0.6) is 0 Å². The molecule has 1 nitrogen and oxygen atoms in total. The van der Waals surface area contributed by atoms with Gasteiger partial charge in [0.2, 0.25) is 0 Å². The first-order valence-corrected chi connectivity index (χ1v) is 8.05. The first kappa shape index (κ1) is 16.1. The highest BCUT2D eigenvalue weighted by Crippen LogP contribution is 2.19. The van der Waals surface area contributed by atoms with Gasteiger partial charge in [-0.25, -0.2) is 0 Å². The van der Waals surface area contributed by atoms with Crippen molar-refractivity contribution in [1.82, 2.24) is 0 Å². The van der Waals surface area contributed by atoms with Crippen LogP contribution in [-0.2, 0) is 0 Å². The molecule has 1 N–H and O–H groups in total. The molecule has 0 atom stereocenters. The second-order valence-electron chi connectivity index (χ2n) is 5.67. The van der Waals surface area contributed by atoms with Crippen molar-refractivity contribution >= 4 is 5.69 Å². The van der Waals surface area contributed by atoms with Crippen molar-refractivity contribution in [3.05, 3.63) is 29.3 Å². The van der Waals surface area contributed by atoms with Crippen LogP contribution in [0.2, 0.25) is 0 Å². The number of unbranched alkanes of at least 4 members (excludes halogenated alkanes) is 7. The lowest BCUT2D eigenvalue weighted by atomic mass is 10.1. The monoisotopic (exact) mass is 261 g/mol. The topological polar surface area (TPSA) is 12.0 Å². The highest BCUT2D eigenvalue weighted by molar-refractivity contribution is 5.56. The fourth-order valence-corrected chi connectivity index (χ4v) is 2.57. The SMILES string of the molecule is CCCCCCCCCCNc1c(C)cccc1C. The fraction of sp³-hybridized carbons (Fsp3) is 0.667.